The zero-order chi connectivity index (χ0) is 19.8. The Morgan fingerprint density at radius 3 is 2.70 bits per heavy atom. The summed E-state index contributed by atoms with van der Waals surface area (Å²) in [5, 5.41) is 2.91. The number of nitrogens with one attached hydrogen (secondary N) is 1. The molecule has 3 aromatic heterocycles. The van der Waals surface area contributed by atoms with Crippen LogP contribution in [-0.4, -0.2) is 15.9 Å². The average molecular weight is 390 g/mol. The number of pyridine rings is 2. The van der Waals surface area contributed by atoms with Gasteiger partial charge in [0.15, 0.2) is 0 Å². The zero-order valence-electron chi connectivity index (χ0n) is 15.2. The number of aromatic nitrogens is 2. The molecule has 5 nitrogen and oxygen atoms in total. The highest BCUT2D eigenvalue weighted by Crippen LogP contribution is 2.40. The first-order valence-electron chi connectivity index (χ1n) is 8.37. The molecule has 0 saturated carbocycles. The Hall–Kier alpha value is -2.61. The van der Waals surface area contributed by atoms with Gasteiger partial charge in [0.1, 0.15) is 9.71 Å². The van der Waals surface area contributed by atoms with Crippen molar-refractivity contribution in [1.29, 1.82) is 0 Å². The van der Waals surface area contributed by atoms with Gasteiger partial charge in [-0.05, 0) is 17.7 Å². The number of hydrogen-bond donors (Lipinski definition) is 2. The third kappa shape index (κ3) is 3.90. The minimum Gasteiger partial charge on any atom is -0.397 e. The minimum atomic E-state index is -2.71. The summed E-state index contributed by atoms with van der Waals surface area (Å²) in [6, 6.07) is 4.98. The molecule has 0 unspecified atom stereocenters. The minimum absolute atomic E-state index is 0.0435. The lowest BCUT2D eigenvalue weighted by Gasteiger charge is -2.19. The molecule has 142 valence electrons. The van der Waals surface area contributed by atoms with E-state index in [1.54, 1.807) is 18.5 Å². The Kier molecular flexibility index (Phi) is 5.10. The summed E-state index contributed by atoms with van der Waals surface area (Å²) in [5.41, 5.74) is 6.88. The maximum atomic E-state index is 13.6. The molecule has 0 aliphatic carbocycles. The average Bonchev–Trinajstić information content (AvgIpc) is 2.96. The molecular formula is C19H20F2N4OS. The lowest BCUT2D eigenvalue weighted by atomic mass is 9.90. The van der Waals surface area contributed by atoms with Gasteiger partial charge in [-0.2, -0.15) is 0 Å². The molecule has 0 radical (unpaired) electrons. The van der Waals surface area contributed by atoms with Gasteiger partial charge in [-0.1, -0.05) is 26.8 Å². The molecule has 3 aromatic rings. The van der Waals surface area contributed by atoms with Gasteiger partial charge in [0, 0.05) is 41.0 Å². The third-order valence-corrected chi connectivity index (χ3v) is 5.21. The highest BCUT2D eigenvalue weighted by atomic mass is 32.1. The van der Waals surface area contributed by atoms with E-state index in [1.807, 2.05) is 26.8 Å². The van der Waals surface area contributed by atoms with Crippen LogP contribution >= 0.6 is 11.3 Å². The van der Waals surface area contributed by atoms with Crippen molar-refractivity contribution < 1.29 is 13.6 Å². The van der Waals surface area contributed by atoms with Crippen molar-refractivity contribution in [3.63, 3.8) is 0 Å². The molecule has 0 aliphatic heterocycles. The quantitative estimate of drug-likeness (QED) is 0.690. The van der Waals surface area contributed by atoms with Crippen LogP contribution in [0.1, 0.15) is 53.7 Å². The number of hydrogen-bond acceptors (Lipinski definition) is 5. The number of rotatable bonds is 4. The molecule has 0 saturated heterocycles. The van der Waals surface area contributed by atoms with Crippen molar-refractivity contribution in [2.24, 2.45) is 0 Å². The van der Waals surface area contributed by atoms with E-state index in [-0.39, 0.29) is 28.1 Å². The van der Waals surface area contributed by atoms with Crippen LogP contribution in [-0.2, 0) is 12.0 Å². The number of thiophene rings is 1. The summed E-state index contributed by atoms with van der Waals surface area (Å²) in [6.07, 6.45) is 0.570. The van der Waals surface area contributed by atoms with E-state index < -0.39 is 17.7 Å². The van der Waals surface area contributed by atoms with Crippen LogP contribution < -0.4 is 11.1 Å². The fourth-order valence-corrected chi connectivity index (χ4v) is 3.68. The maximum absolute atomic E-state index is 13.6. The number of amides is 1. The van der Waals surface area contributed by atoms with E-state index in [1.165, 1.54) is 6.07 Å². The van der Waals surface area contributed by atoms with Gasteiger partial charge in [0.25, 0.3) is 12.3 Å². The van der Waals surface area contributed by atoms with Gasteiger partial charge in [0.05, 0.1) is 5.69 Å². The van der Waals surface area contributed by atoms with Crippen LogP contribution in [0, 0.1) is 0 Å². The summed E-state index contributed by atoms with van der Waals surface area (Å²) in [4.78, 5) is 21.6. The Balaban J connectivity index is 2.00. The van der Waals surface area contributed by atoms with Gasteiger partial charge in [-0.3, -0.25) is 9.78 Å². The summed E-state index contributed by atoms with van der Waals surface area (Å²) in [7, 11) is 0. The van der Waals surface area contributed by atoms with Crippen molar-refractivity contribution in [3.05, 3.63) is 52.3 Å². The summed E-state index contributed by atoms with van der Waals surface area (Å²) < 4.78 is 27.3. The van der Waals surface area contributed by atoms with E-state index >= 15 is 0 Å². The number of nitrogens with zero attached hydrogens (tertiary/aromatic N) is 2. The molecule has 0 aliphatic rings. The van der Waals surface area contributed by atoms with Gasteiger partial charge < -0.3 is 11.1 Å². The third-order valence-electron chi connectivity index (χ3n) is 4.12. The van der Waals surface area contributed by atoms with Crippen LogP contribution in [0.15, 0.2) is 30.6 Å². The summed E-state index contributed by atoms with van der Waals surface area (Å²) in [5.74, 6) is -0.420. The van der Waals surface area contributed by atoms with Crippen molar-refractivity contribution in [2.75, 3.05) is 5.73 Å². The molecule has 0 aromatic carbocycles. The standard InChI is InChI=1S/C19H20F2N4OS/c1-19(2,3)12-7-11(16(20)21)13-14(22)15(27-18(13)25-12)17(26)24-9-10-5-4-6-23-8-10/h4-8,16H,9,22H2,1-3H3,(H,24,26). The highest BCUT2D eigenvalue weighted by Gasteiger charge is 2.26. The van der Waals surface area contributed by atoms with Gasteiger partial charge in [-0.25, -0.2) is 13.8 Å². The fourth-order valence-electron chi connectivity index (χ4n) is 2.64. The smallest absolute Gasteiger partial charge is 0.264 e. The fraction of sp³-hybridized carbons (Fsp3) is 0.316. The molecule has 8 heteroatoms. The Bertz CT molecular complexity index is 981. The molecular weight excluding hydrogens is 370 g/mol. The zero-order valence-corrected chi connectivity index (χ0v) is 16.0. The van der Waals surface area contributed by atoms with E-state index in [0.29, 0.717) is 10.5 Å². The highest BCUT2D eigenvalue weighted by molar-refractivity contribution is 7.21. The largest absolute Gasteiger partial charge is 0.397 e. The topological polar surface area (TPSA) is 80.9 Å². The molecule has 3 heterocycles. The Morgan fingerprint density at radius 2 is 2.11 bits per heavy atom. The number of carbonyl (C=O) groups is 1. The summed E-state index contributed by atoms with van der Waals surface area (Å²) >= 11 is 1.03. The van der Waals surface area contributed by atoms with Crippen molar-refractivity contribution in [2.45, 2.75) is 39.2 Å². The first-order chi connectivity index (χ1) is 12.7. The number of nitrogen functional groups attached to an aromatic ring is 1. The number of carbonyl (C=O) groups excluding carboxylic acids is 1. The first kappa shape index (κ1) is 19.2. The van der Waals surface area contributed by atoms with Crippen molar-refractivity contribution in [3.8, 4) is 0 Å². The van der Waals surface area contributed by atoms with E-state index in [4.69, 9.17) is 5.73 Å². The predicted octanol–water partition coefficient (Wildman–Crippen LogP) is 4.44. The SMILES string of the molecule is CC(C)(C)c1cc(C(F)F)c2c(N)c(C(=O)NCc3cccnc3)sc2n1. The van der Waals surface area contributed by atoms with E-state index in [9.17, 15) is 13.6 Å². The van der Waals surface area contributed by atoms with Crippen LogP contribution in [0.5, 0.6) is 0 Å². The molecule has 3 N–H and O–H groups in total. The molecule has 0 fully saturated rings. The number of alkyl halides is 2. The number of nitrogens with two attached hydrogens (primary N) is 1. The van der Waals surface area contributed by atoms with Crippen molar-refractivity contribution >= 4 is 33.1 Å². The van der Waals surface area contributed by atoms with Gasteiger partial charge in [-0.15, -0.1) is 11.3 Å². The Morgan fingerprint density at radius 1 is 1.37 bits per heavy atom. The number of anilines is 1. The van der Waals surface area contributed by atoms with E-state index in [2.05, 4.69) is 15.3 Å². The van der Waals surface area contributed by atoms with Crippen LogP contribution in [0.4, 0.5) is 14.5 Å². The predicted molar refractivity (Wildman–Crippen MR) is 103 cm³/mol. The lowest BCUT2D eigenvalue weighted by Crippen LogP contribution is -2.22. The monoisotopic (exact) mass is 390 g/mol. The maximum Gasteiger partial charge on any atom is 0.264 e. The normalized spacial score (nSPS) is 11.9. The number of fused-ring (bicyclic) bond motifs is 1. The second-order valence-electron chi connectivity index (χ2n) is 7.22. The van der Waals surface area contributed by atoms with Crippen LogP contribution in [0.3, 0.4) is 0 Å². The second kappa shape index (κ2) is 7.19. The van der Waals surface area contributed by atoms with Crippen LogP contribution in [0.2, 0.25) is 0 Å². The summed E-state index contributed by atoms with van der Waals surface area (Å²) in [6.45, 7) is 5.96. The molecule has 0 spiro atoms. The molecule has 3 rings (SSSR count). The molecule has 1 amide bonds. The van der Waals surface area contributed by atoms with Crippen molar-refractivity contribution in [1.82, 2.24) is 15.3 Å². The molecule has 27 heavy (non-hydrogen) atoms. The van der Waals surface area contributed by atoms with Gasteiger partial charge in [0.2, 0.25) is 0 Å². The van der Waals surface area contributed by atoms with Gasteiger partial charge >= 0.3 is 0 Å². The Labute approximate surface area is 159 Å². The molecule has 0 atom stereocenters. The number of halogens is 2. The molecule has 0 bridgehead atoms. The second-order valence-corrected chi connectivity index (χ2v) is 8.22. The first-order valence-corrected chi connectivity index (χ1v) is 9.18. The lowest BCUT2D eigenvalue weighted by molar-refractivity contribution is 0.0955. The van der Waals surface area contributed by atoms with Crippen LogP contribution in [0.25, 0.3) is 10.2 Å². The van der Waals surface area contributed by atoms with E-state index in [0.717, 1.165) is 16.9 Å².